The molecule has 1 atom stereocenters. The minimum absolute atomic E-state index is 0.0180. The molecule has 1 amide bonds. The van der Waals surface area contributed by atoms with Gasteiger partial charge in [0.1, 0.15) is 5.75 Å². The first-order chi connectivity index (χ1) is 10.1. The third kappa shape index (κ3) is 2.53. The number of hydrogen-bond donors (Lipinski definition) is 1. The van der Waals surface area contributed by atoms with Crippen molar-refractivity contribution >= 4 is 17.4 Å². The summed E-state index contributed by atoms with van der Waals surface area (Å²) < 4.78 is 9.64. The highest BCUT2D eigenvalue weighted by molar-refractivity contribution is 7.06. The van der Waals surface area contributed by atoms with Crippen LogP contribution >= 0.6 is 11.5 Å². The second kappa shape index (κ2) is 5.48. The van der Waals surface area contributed by atoms with Gasteiger partial charge in [0.25, 0.3) is 5.91 Å². The van der Waals surface area contributed by atoms with E-state index in [1.54, 1.807) is 7.11 Å². The van der Waals surface area contributed by atoms with Crippen molar-refractivity contribution < 1.29 is 9.53 Å². The monoisotopic (exact) mass is 302 g/mol. The lowest BCUT2D eigenvalue weighted by Crippen LogP contribution is -2.35. The van der Waals surface area contributed by atoms with E-state index in [0.29, 0.717) is 0 Å². The fraction of sp³-hybridized carbons (Fsp3) is 0.375. The van der Waals surface area contributed by atoms with Crippen molar-refractivity contribution in [3.63, 3.8) is 0 Å². The minimum atomic E-state index is -0.0180. The summed E-state index contributed by atoms with van der Waals surface area (Å²) in [6.07, 6.45) is 1.68. The van der Waals surface area contributed by atoms with Crippen molar-refractivity contribution in [2.24, 2.45) is 0 Å². The average molecular weight is 302 g/mol. The molecule has 0 saturated heterocycles. The molecule has 2 aromatic rings. The van der Waals surface area contributed by atoms with Crippen LogP contribution in [0.5, 0.6) is 5.75 Å². The maximum Gasteiger partial charge on any atom is 0.254 e. The molecule has 0 unspecified atom stereocenters. The molecule has 0 saturated carbocycles. The lowest BCUT2D eigenvalue weighted by molar-refractivity contribution is 0.0937. The van der Waals surface area contributed by atoms with Gasteiger partial charge in [-0.15, -0.1) is 0 Å². The van der Waals surface area contributed by atoms with Gasteiger partial charge in [0, 0.05) is 10.9 Å². The van der Waals surface area contributed by atoms with Gasteiger partial charge in [0.2, 0.25) is 0 Å². The summed E-state index contributed by atoms with van der Waals surface area (Å²) in [5.74, 6) is 0.893. The molecule has 110 valence electrons. The van der Waals surface area contributed by atoms with Crippen molar-refractivity contribution in [3.8, 4) is 5.75 Å². The van der Waals surface area contributed by atoms with Gasteiger partial charge in [-0.25, -0.2) is 0 Å². The molecule has 1 aromatic carbocycles. The Bertz CT molecular complexity index is 674. The summed E-state index contributed by atoms with van der Waals surface area (Å²) in [5, 5.41) is 3.13. The van der Waals surface area contributed by atoms with Crippen molar-refractivity contribution in [3.05, 3.63) is 45.5 Å². The molecule has 21 heavy (non-hydrogen) atoms. The van der Waals surface area contributed by atoms with Gasteiger partial charge < -0.3 is 10.1 Å². The molecule has 1 aliphatic carbocycles. The molecular formula is C16H18N2O2S. The summed E-state index contributed by atoms with van der Waals surface area (Å²) >= 11 is 1.38. The van der Waals surface area contributed by atoms with E-state index in [-0.39, 0.29) is 11.9 Å². The van der Waals surface area contributed by atoms with E-state index in [0.717, 1.165) is 34.7 Å². The number of nitrogens with one attached hydrogen (secondary N) is 1. The Balaban J connectivity index is 1.76. The van der Waals surface area contributed by atoms with Crippen molar-refractivity contribution in [1.29, 1.82) is 0 Å². The van der Waals surface area contributed by atoms with Gasteiger partial charge in [-0.3, -0.25) is 4.79 Å². The SMILES string of the molecule is COc1cccc2c1C[C@@H](NC(=O)c1c(C)nsc1C)C2. The van der Waals surface area contributed by atoms with E-state index in [1.807, 2.05) is 26.0 Å². The number of benzene rings is 1. The van der Waals surface area contributed by atoms with Crippen molar-refractivity contribution in [2.45, 2.75) is 32.7 Å². The van der Waals surface area contributed by atoms with Crippen LogP contribution in [0.3, 0.4) is 0 Å². The number of hydrogen-bond acceptors (Lipinski definition) is 4. The predicted molar refractivity (Wildman–Crippen MR) is 83.2 cm³/mol. The Hall–Kier alpha value is -1.88. The molecule has 1 N–H and O–H groups in total. The Morgan fingerprint density at radius 1 is 1.38 bits per heavy atom. The highest BCUT2D eigenvalue weighted by atomic mass is 32.1. The van der Waals surface area contributed by atoms with Crippen LogP contribution in [0.1, 0.15) is 32.1 Å². The van der Waals surface area contributed by atoms with Gasteiger partial charge in [0.05, 0.1) is 18.4 Å². The third-order valence-electron chi connectivity index (χ3n) is 3.96. The minimum Gasteiger partial charge on any atom is -0.496 e. The molecule has 0 aliphatic heterocycles. The number of carbonyl (C=O) groups is 1. The number of amides is 1. The van der Waals surface area contributed by atoms with E-state index in [2.05, 4.69) is 15.8 Å². The number of fused-ring (bicyclic) bond motifs is 1. The Kier molecular flexibility index (Phi) is 3.68. The van der Waals surface area contributed by atoms with E-state index in [1.165, 1.54) is 22.7 Å². The summed E-state index contributed by atoms with van der Waals surface area (Å²) in [6.45, 7) is 3.82. The van der Waals surface area contributed by atoms with E-state index in [9.17, 15) is 4.79 Å². The highest BCUT2D eigenvalue weighted by Crippen LogP contribution is 2.30. The van der Waals surface area contributed by atoms with Crippen LogP contribution in [-0.2, 0) is 12.8 Å². The molecule has 0 radical (unpaired) electrons. The van der Waals surface area contributed by atoms with Crippen LogP contribution in [0.15, 0.2) is 18.2 Å². The summed E-state index contributed by atoms with van der Waals surface area (Å²) in [4.78, 5) is 13.4. The van der Waals surface area contributed by atoms with Gasteiger partial charge in [0.15, 0.2) is 0 Å². The maximum absolute atomic E-state index is 12.4. The molecular weight excluding hydrogens is 284 g/mol. The third-order valence-corrected chi connectivity index (χ3v) is 4.81. The van der Waals surface area contributed by atoms with Crippen LogP contribution < -0.4 is 10.1 Å². The normalized spacial score (nSPS) is 16.6. The van der Waals surface area contributed by atoms with Crippen molar-refractivity contribution in [1.82, 2.24) is 9.69 Å². The predicted octanol–water partition coefficient (Wildman–Crippen LogP) is 2.67. The van der Waals surface area contributed by atoms with E-state index in [4.69, 9.17) is 4.74 Å². The number of aromatic nitrogens is 1. The Labute approximate surface area is 128 Å². The lowest BCUT2D eigenvalue weighted by Gasteiger charge is -2.12. The van der Waals surface area contributed by atoms with E-state index >= 15 is 0 Å². The standard InChI is InChI=1S/C16H18N2O2S/c1-9-15(10(2)21-18-9)16(19)17-12-7-11-5-4-6-14(20-3)13(11)8-12/h4-6,12H,7-8H2,1-3H3,(H,17,19)/t12-/m0/s1. The molecule has 0 bridgehead atoms. The zero-order valence-corrected chi connectivity index (χ0v) is 13.2. The smallest absolute Gasteiger partial charge is 0.254 e. The second-order valence-electron chi connectivity index (χ2n) is 5.38. The Morgan fingerprint density at radius 3 is 2.86 bits per heavy atom. The van der Waals surface area contributed by atoms with Crippen LogP contribution in [0, 0.1) is 13.8 Å². The number of rotatable bonds is 3. The molecule has 3 rings (SSSR count). The summed E-state index contributed by atoms with van der Waals surface area (Å²) in [7, 11) is 1.69. The molecule has 1 aromatic heterocycles. The fourth-order valence-corrected chi connectivity index (χ4v) is 3.67. The largest absolute Gasteiger partial charge is 0.496 e. The van der Waals surface area contributed by atoms with E-state index < -0.39 is 0 Å². The van der Waals surface area contributed by atoms with Crippen LogP contribution in [0.2, 0.25) is 0 Å². The first-order valence-electron chi connectivity index (χ1n) is 6.98. The molecule has 4 nitrogen and oxygen atoms in total. The fourth-order valence-electron chi connectivity index (χ4n) is 2.98. The highest BCUT2D eigenvalue weighted by Gasteiger charge is 2.27. The number of nitrogens with zero attached hydrogens (tertiary/aromatic N) is 1. The van der Waals surface area contributed by atoms with Crippen LogP contribution in [0.4, 0.5) is 0 Å². The topological polar surface area (TPSA) is 51.2 Å². The molecule has 5 heteroatoms. The summed E-state index contributed by atoms with van der Waals surface area (Å²) in [5.41, 5.74) is 4.00. The van der Waals surface area contributed by atoms with Gasteiger partial charge in [-0.05, 0) is 55.4 Å². The van der Waals surface area contributed by atoms with Crippen LogP contribution in [0.25, 0.3) is 0 Å². The molecule has 1 aliphatic rings. The lowest BCUT2D eigenvalue weighted by atomic mass is 10.1. The zero-order valence-electron chi connectivity index (χ0n) is 12.4. The first kappa shape index (κ1) is 14.1. The summed E-state index contributed by atoms with van der Waals surface area (Å²) in [6, 6.07) is 6.20. The van der Waals surface area contributed by atoms with Crippen molar-refractivity contribution in [2.75, 3.05) is 7.11 Å². The number of aryl methyl sites for hydroxylation is 2. The van der Waals surface area contributed by atoms with Gasteiger partial charge in [-0.2, -0.15) is 4.37 Å². The number of methoxy groups -OCH3 is 1. The number of carbonyl (C=O) groups excluding carboxylic acids is 1. The molecule has 0 spiro atoms. The zero-order chi connectivity index (χ0) is 15.0. The van der Waals surface area contributed by atoms with Gasteiger partial charge >= 0.3 is 0 Å². The number of ether oxygens (including phenoxy) is 1. The van der Waals surface area contributed by atoms with Crippen LogP contribution in [-0.4, -0.2) is 23.4 Å². The van der Waals surface area contributed by atoms with Gasteiger partial charge in [-0.1, -0.05) is 12.1 Å². The average Bonchev–Trinajstić information content (AvgIpc) is 3.01. The first-order valence-corrected chi connectivity index (χ1v) is 7.76. The Morgan fingerprint density at radius 2 is 2.19 bits per heavy atom. The molecule has 1 heterocycles. The molecule has 0 fully saturated rings. The maximum atomic E-state index is 12.4. The quantitative estimate of drug-likeness (QED) is 0.948. The second-order valence-corrected chi connectivity index (χ2v) is 6.35.